The van der Waals surface area contributed by atoms with Crippen molar-refractivity contribution in [3.8, 4) is 0 Å². The third-order valence-electron chi connectivity index (χ3n) is 4.32. The predicted molar refractivity (Wildman–Crippen MR) is 79.1 cm³/mol. The second-order valence-electron chi connectivity index (χ2n) is 6.33. The number of hydrogen-bond acceptors (Lipinski definition) is 2. The van der Waals surface area contributed by atoms with Crippen molar-refractivity contribution in [3.63, 3.8) is 0 Å². The largest absolute Gasteiger partial charge is 0.399 e. The molecule has 1 fully saturated rings. The van der Waals surface area contributed by atoms with Crippen molar-refractivity contribution in [2.75, 3.05) is 5.73 Å². The van der Waals surface area contributed by atoms with Crippen molar-refractivity contribution >= 4 is 11.6 Å². The zero-order valence-electron chi connectivity index (χ0n) is 12.1. The minimum Gasteiger partial charge on any atom is -0.399 e. The molecule has 104 valence electrons. The van der Waals surface area contributed by atoms with E-state index in [4.69, 9.17) is 5.73 Å². The van der Waals surface area contributed by atoms with Gasteiger partial charge in [0.1, 0.15) is 0 Å². The fourth-order valence-corrected chi connectivity index (χ4v) is 2.88. The van der Waals surface area contributed by atoms with Gasteiger partial charge in [0.15, 0.2) is 0 Å². The van der Waals surface area contributed by atoms with Gasteiger partial charge in [-0.25, -0.2) is 0 Å². The fourth-order valence-electron chi connectivity index (χ4n) is 2.88. The summed E-state index contributed by atoms with van der Waals surface area (Å²) < 4.78 is 0. The van der Waals surface area contributed by atoms with Crippen LogP contribution in [0.25, 0.3) is 0 Å². The number of anilines is 1. The molecule has 0 spiro atoms. The highest BCUT2D eigenvalue weighted by atomic mass is 16.1. The molecule has 0 bridgehead atoms. The molecule has 1 aromatic carbocycles. The van der Waals surface area contributed by atoms with E-state index in [-0.39, 0.29) is 17.4 Å². The summed E-state index contributed by atoms with van der Waals surface area (Å²) in [5, 5.41) is 3.20. The summed E-state index contributed by atoms with van der Waals surface area (Å²) in [5.74, 6) is 0.00442. The zero-order chi connectivity index (χ0) is 14.0. The van der Waals surface area contributed by atoms with E-state index in [1.807, 2.05) is 19.1 Å². The van der Waals surface area contributed by atoms with Crippen LogP contribution >= 0.6 is 0 Å². The maximum absolute atomic E-state index is 12.4. The number of nitrogen functional groups attached to an aromatic ring is 1. The van der Waals surface area contributed by atoms with Crippen LogP contribution in [0.2, 0.25) is 0 Å². The Hall–Kier alpha value is -1.51. The number of amides is 1. The quantitative estimate of drug-likeness (QED) is 0.802. The van der Waals surface area contributed by atoms with Crippen LogP contribution in [-0.4, -0.2) is 11.9 Å². The first-order chi connectivity index (χ1) is 8.90. The molecule has 1 unspecified atom stereocenters. The molecule has 0 heterocycles. The van der Waals surface area contributed by atoms with Crippen LogP contribution in [0, 0.1) is 12.3 Å². The molecule has 0 saturated heterocycles. The lowest BCUT2D eigenvalue weighted by Gasteiger charge is -2.39. The molecule has 3 nitrogen and oxygen atoms in total. The first kappa shape index (κ1) is 13.9. The molecule has 2 rings (SSSR count). The maximum Gasteiger partial charge on any atom is 0.251 e. The molecule has 0 radical (unpaired) electrons. The summed E-state index contributed by atoms with van der Waals surface area (Å²) in [7, 11) is 0. The highest BCUT2D eigenvalue weighted by Crippen LogP contribution is 2.35. The summed E-state index contributed by atoms with van der Waals surface area (Å²) in [6, 6.07) is 5.75. The molecule has 3 N–H and O–H groups in total. The van der Waals surface area contributed by atoms with Gasteiger partial charge in [-0.2, -0.15) is 0 Å². The molecule has 0 aliphatic heterocycles. The predicted octanol–water partition coefficient (Wildman–Crippen LogP) is 3.28. The first-order valence-electron chi connectivity index (χ1n) is 7.07. The van der Waals surface area contributed by atoms with Gasteiger partial charge in [0.05, 0.1) is 0 Å². The second-order valence-corrected chi connectivity index (χ2v) is 6.33. The van der Waals surface area contributed by atoms with Gasteiger partial charge in [-0.05, 0) is 42.9 Å². The van der Waals surface area contributed by atoms with E-state index in [0.717, 1.165) is 12.0 Å². The van der Waals surface area contributed by atoms with E-state index >= 15 is 0 Å². The molecule has 19 heavy (non-hydrogen) atoms. The van der Waals surface area contributed by atoms with Crippen molar-refractivity contribution in [1.82, 2.24) is 5.32 Å². The number of nitrogens with one attached hydrogen (secondary N) is 1. The van der Waals surface area contributed by atoms with Crippen molar-refractivity contribution in [2.24, 2.45) is 5.41 Å². The third kappa shape index (κ3) is 3.09. The Morgan fingerprint density at radius 1 is 1.37 bits per heavy atom. The van der Waals surface area contributed by atoms with E-state index in [2.05, 4.69) is 19.2 Å². The van der Waals surface area contributed by atoms with Crippen molar-refractivity contribution in [3.05, 3.63) is 29.3 Å². The number of nitrogens with two attached hydrogens (primary N) is 1. The van der Waals surface area contributed by atoms with Gasteiger partial charge in [-0.3, -0.25) is 4.79 Å². The van der Waals surface area contributed by atoms with Crippen LogP contribution in [0.1, 0.15) is 55.5 Å². The lowest BCUT2D eigenvalue weighted by Crippen LogP contribution is -2.46. The van der Waals surface area contributed by atoms with E-state index < -0.39 is 0 Å². The van der Waals surface area contributed by atoms with Crippen LogP contribution in [-0.2, 0) is 0 Å². The van der Waals surface area contributed by atoms with Gasteiger partial charge in [-0.1, -0.05) is 32.8 Å². The van der Waals surface area contributed by atoms with E-state index in [9.17, 15) is 4.79 Å². The number of hydrogen-bond donors (Lipinski definition) is 2. The number of carbonyl (C=O) groups excluding carboxylic acids is 1. The SMILES string of the molecule is Cc1ccc(N)cc1C(=O)NC1CCCCC1(C)C. The highest BCUT2D eigenvalue weighted by Gasteiger charge is 2.33. The summed E-state index contributed by atoms with van der Waals surface area (Å²) in [5.41, 5.74) is 8.26. The Kier molecular flexibility index (Phi) is 3.83. The van der Waals surface area contributed by atoms with Crippen molar-refractivity contribution in [2.45, 2.75) is 52.5 Å². The summed E-state index contributed by atoms with van der Waals surface area (Å²) >= 11 is 0. The van der Waals surface area contributed by atoms with E-state index in [0.29, 0.717) is 11.3 Å². The van der Waals surface area contributed by atoms with Gasteiger partial charge >= 0.3 is 0 Å². The Labute approximate surface area is 115 Å². The van der Waals surface area contributed by atoms with Crippen molar-refractivity contribution < 1.29 is 4.79 Å². The number of aryl methyl sites for hydroxylation is 1. The minimum absolute atomic E-state index is 0.00442. The van der Waals surface area contributed by atoms with Gasteiger partial charge in [0.25, 0.3) is 5.91 Å². The molecule has 1 aliphatic carbocycles. The zero-order valence-corrected chi connectivity index (χ0v) is 12.1. The number of carbonyl (C=O) groups is 1. The Morgan fingerprint density at radius 2 is 2.11 bits per heavy atom. The summed E-state index contributed by atoms with van der Waals surface area (Å²) in [6.07, 6.45) is 4.70. The van der Waals surface area contributed by atoms with Crippen LogP contribution in [0.4, 0.5) is 5.69 Å². The van der Waals surface area contributed by atoms with Gasteiger partial charge < -0.3 is 11.1 Å². The molecular formula is C16H24N2O. The van der Waals surface area contributed by atoms with Gasteiger partial charge in [0.2, 0.25) is 0 Å². The van der Waals surface area contributed by atoms with Crippen LogP contribution < -0.4 is 11.1 Å². The number of rotatable bonds is 2. The number of benzene rings is 1. The topological polar surface area (TPSA) is 55.1 Å². The molecular weight excluding hydrogens is 236 g/mol. The summed E-state index contributed by atoms with van der Waals surface area (Å²) in [4.78, 5) is 12.4. The Bertz CT molecular complexity index is 480. The van der Waals surface area contributed by atoms with Gasteiger partial charge in [0, 0.05) is 17.3 Å². The normalized spacial score (nSPS) is 21.9. The molecule has 1 atom stereocenters. The average Bonchev–Trinajstić information content (AvgIpc) is 2.34. The van der Waals surface area contributed by atoms with Gasteiger partial charge in [-0.15, -0.1) is 0 Å². The standard InChI is InChI=1S/C16H24N2O/c1-11-7-8-12(17)10-13(11)15(19)18-14-6-4-5-9-16(14,2)3/h7-8,10,14H,4-6,9,17H2,1-3H3,(H,18,19). The smallest absolute Gasteiger partial charge is 0.251 e. The van der Waals surface area contributed by atoms with Crippen molar-refractivity contribution in [1.29, 1.82) is 0 Å². The molecule has 0 aromatic heterocycles. The third-order valence-corrected chi connectivity index (χ3v) is 4.32. The minimum atomic E-state index is 0.00442. The first-order valence-corrected chi connectivity index (χ1v) is 7.07. The van der Waals surface area contributed by atoms with E-state index in [1.54, 1.807) is 6.07 Å². The molecule has 1 aliphatic rings. The highest BCUT2D eigenvalue weighted by molar-refractivity contribution is 5.96. The van der Waals surface area contributed by atoms with E-state index in [1.165, 1.54) is 19.3 Å². The molecule has 3 heteroatoms. The lowest BCUT2D eigenvalue weighted by molar-refractivity contribution is 0.0853. The fraction of sp³-hybridized carbons (Fsp3) is 0.562. The molecule has 1 saturated carbocycles. The summed E-state index contributed by atoms with van der Waals surface area (Å²) in [6.45, 7) is 6.42. The molecule has 1 aromatic rings. The second kappa shape index (κ2) is 5.24. The average molecular weight is 260 g/mol. The van der Waals surface area contributed by atoms with Crippen LogP contribution in [0.15, 0.2) is 18.2 Å². The molecule has 1 amide bonds. The Balaban J connectivity index is 2.14. The lowest BCUT2D eigenvalue weighted by atomic mass is 9.73. The monoisotopic (exact) mass is 260 g/mol. The maximum atomic E-state index is 12.4. The Morgan fingerprint density at radius 3 is 2.79 bits per heavy atom. The van der Waals surface area contributed by atoms with Crippen LogP contribution in [0.3, 0.4) is 0 Å². The van der Waals surface area contributed by atoms with Crippen LogP contribution in [0.5, 0.6) is 0 Å².